The third-order valence-corrected chi connectivity index (χ3v) is 6.81. The van der Waals surface area contributed by atoms with E-state index < -0.39 is 0 Å². The maximum Gasteiger partial charge on any atom is 0.322 e. The largest absolute Gasteiger partial charge is 0.356 e. The Morgan fingerprint density at radius 2 is 1.81 bits per heavy atom. The first kappa shape index (κ1) is 20.9. The summed E-state index contributed by atoms with van der Waals surface area (Å²) in [6.45, 7) is 4.60. The molecule has 1 atom stereocenters. The van der Waals surface area contributed by atoms with Crippen molar-refractivity contribution in [2.45, 2.75) is 26.3 Å². The van der Waals surface area contributed by atoms with Gasteiger partial charge in [-0.3, -0.25) is 0 Å². The highest BCUT2D eigenvalue weighted by molar-refractivity contribution is 6.31. The minimum Gasteiger partial charge on any atom is -0.356 e. The van der Waals surface area contributed by atoms with Gasteiger partial charge in [-0.05, 0) is 67.3 Å². The van der Waals surface area contributed by atoms with Crippen LogP contribution in [0.4, 0.5) is 10.5 Å². The number of carbonyl (C=O) groups excluding carboxylic acids is 1. The number of urea groups is 1. The van der Waals surface area contributed by atoms with Crippen molar-refractivity contribution in [3.8, 4) is 0 Å². The topological polar surface area (TPSA) is 48.1 Å². The molecular weight excluding hydrogens is 441 g/mol. The summed E-state index contributed by atoms with van der Waals surface area (Å²) in [4.78, 5) is 18.9. The van der Waals surface area contributed by atoms with Crippen LogP contribution in [0.3, 0.4) is 0 Å². The highest BCUT2D eigenvalue weighted by Gasteiger charge is 2.34. The van der Waals surface area contributed by atoms with Crippen LogP contribution in [-0.4, -0.2) is 22.5 Å². The standard InChI is InChI=1S/C26H23Cl2N3O/c1-15-3-6-17(7-4-15)25-24-20(21-13-18(27)8-10-23(21)30-24)11-12-31(25)26(32)29-19-9-5-16(2)22(28)14-19/h3-10,13-14,25,30H,11-12H2,1-2H3,(H,29,32)/t25-/m1/s1. The third-order valence-electron chi connectivity index (χ3n) is 6.17. The number of aromatic nitrogens is 1. The molecule has 1 aromatic heterocycles. The number of amides is 2. The Bertz CT molecular complexity index is 1330. The predicted molar refractivity (Wildman–Crippen MR) is 132 cm³/mol. The van der Waals surface area contributed by atoms with Crippen molar-refractivity contribution in [3.05, 3.63) is 98.7 Å². The zero-order valence-electron chi connectivity index (χ0n) is 17.9. The Labute approximate surface area is 197 Å². The second kappa shape index (κ2) is 8.19. The summed E-state index contributed by atoms with van der Waals surface area (Å²) in [7, 11) is 0. The molecule has 4 nitrogen and oxygen atoms in total. The van der Waals surface area contributed by atoms with Gasteiger partial charge in [0.15, 0.2) is 0 Å². The number of benzene rings is 3. The minimum absolute atomic E-state index is 0.155. The fourth-order valence-electron chi connectivity index (χ4n) is 4.44. The van der Waals surface area contributed by atoms with E-state index in [-0.39, 0.29) is 12.1 Å². The number of aryl methyl sites for hydroxylation is 2. The van der Waals surface area contributed by atoms with Gasteiger partial charge in [0.2, 0.25) is 0 Å². The average Bonchev–Trinajstić information content (AvgIpc) is 3.14. The molecule has 1 aliphatic heterocycles. The molecule has 0 radical (unpaired) electrons. The van der Waals surface area contributed by atoms with E-state index in [1.54, 1.807) is 6.07 Å². The SMILES string of the molecule is Cc1ccc([C@@H]2c3[nH]c4ccc(Cl)cc4c3CCN2C(=O)Nc2ccc(C)c(Cl)c2)cc1. The molecule has 0 fully saturated rings. The molecule has 2 amide bonds. The highest BCUT2D eigenvalue weighted by Crippen LogP contribution is 2.39. The zero-order valence-corrected chi connectivity index (χ0v) is 19.4. The monoisotopic (exact) mass is 463 g/mol. The second-order valence-electron chi connectivity index (χ2n) is 8.36. The predicted octanol–water partition coefficient (Wildman–Crippen LogP) is 7.27. The minimum atomic E-state index is -0.230. The van der Waals surface area contributed by atoms with Gasteiger partial charge in [-0.2, -0.15) is 0 Å². The first-order valence-corrected chi connectivity index (χ1v) is 11.4. The Kier molecular flexibility index (Phi) is 5.36. The van der Waals surface area contributed by atoms with Crippen LogP contribution in [0.25, 0.3) is 10.9 Å². The summed E-state index contributed by atoms with van der Waals surface area (Å²) in [5, 5.41) is 5.49. The van der Waals surface area contributed by atoms with Crippen molar-refractivity contribution in [2.75, 3.05) is 11.9 Å². The molecule has 3 aromatic carbocycles. The van der Waals surface area contributed by atoms with Gasteiger partial charge in [-0.15, -0.1) is 0 Å². The molecule has 6 heteroatoms. The first-order chi connectivity index (χ1) is 15.4. The lowest BCUT2D eigenvalue weighted by atomic mass is 9.92. The lowest BCUT2D eigenvalue weighted by Crippen LogP contribution is -2.43. The normalized spacial score (nSPS) is 15.6. The van der Waals surface area contributed by atoms with Crippen LogP contribution < -0.4 is 5.32 Å². The van der Waals surface area contributed by atoms with Crippen LogP contribution in [0.5, 0.6) is 0 Å². The van der Waals surface area contributed by atoms with E-state index in [1.165, 1.54) is 11.1 Å². The molecule has 32 heavy (non-hydrogen) atoms. The van der Waals surface area contributed by atoms with Gasteiger partial charge < -0.3 is 15.2 Å². The highest BCUT2D eigenvalue weighted by atomic mass is 35.5. The van der Waals surface area contributed by atoms with E-state index in [9.17, 15) is 4.79 Å². The number of hydrogen-bond donors (Lipinski definition) is 2. The first-order valence-electron chi connectivity index (χ1n) is 10.6. The molecular formula is C26H23Cl2N3O. The molecule has 0 unspecified atom stereocenters. The number of aromatic amines is 1. The quantitative estimate of drug-likeness (QED) is 0.322. The summed E-state index contributed by atoms with van der Waals surface area (Å²) in [5.41, 5.74) is 7.18. The molecule has 0 saturated carbocycles. The fraction of sp³-hybridized carbons (Fsp3) is 0.192. The van der Waals surface area contributed by atoms with E-state index >= 15 is 0 Å². The Morgan fingerprint density at radius 1 is 1.03 bits per heavy atom. The van der Waals surface area contributed by atoms with Crippen LogP contribution >= 0.6 is 23.2 Å². The number of nitrogens with zero attached hydrogens (tertiary/aromatic N) is 1. The molecule has 0 bridgehead atoms. The number of fused-ring (bicyclic) bond motifs is 3. The lowest BCUT2D eigenvalue weighted by molar-refractivity contribution is 0.193. The van der Waals surface area contributed by atoms with Crippen molar-refractivity contribution >= 4 is 45.8 Å². The molecule has 162 valence electrons. The van der Waals surface area contributed by atoms with E-state index in [2.05, 4.69) is 41.5 Å². The zero-order chi connectivity index (χ0) is 22.4. The van der Waals surface area contributed by atoms with Gasteiger partial charge in [0.25, 0.3) is 0 Å². The molecule has 0 spiro atoms. The van der Waals surface area contributed by atoms with E-state index in [4.69, 9.17) is 23.2 Å². The van der Waals surface area contributed by atoms with Crippen LogP contribution in [0.15, 0.2) is 60.7 Å². The van der Waals surface area contributed by atoms with Gasteiger partial charge >= 0.3 is 6.03 Å². The van der Waals surface area contributed by atoms with Crippen molar-refractivity contribution < 1.29 is 4.79 Å². The Morgan fingerprint density at radius 3 is 2.56 bits per heavy atom. The summed E-state index contributed by atoms with van der Waals surface area (Å²) in [6.07, 6.45) is 0.750. The second-order valence-corrected chi connectivity index (χ2v) is 9.20. The number of anilines is 1. The van der Waals surface area contributed by atoms with Crippen LogP contribution in [-0.2, 0) is 6.42 Å². The van der Waals surface area contributed by atoms with Gasteiger partial charge in [-0.1, -0.05) is 59.1 Å². The molecule has 1 aliphatic rings. The van der Waals surface area contributed by atoms with Gasteiger partial charge in [0.05, 0.1) is 6.04 Å². The molecule has 2 heterocycles. The van der Waals surface area contributed by atoms with Crippen LogP contribution in [0.2, 0.25) is 10.0 Å². The Balaban J connectivity index is 1.57. The smallest absolute Gasteiger partial charge is 0.322 e. The maximum absolute atomic E-state index is 13.4. The fourth-order valence-corrected chi connectivity index (χ4v) is 4.79. The van der Waals surface area contributed by atoms with Gasteiger partial charge in [0, 0.05) is 38.9 Å². The number of carbonyl (C=O) groups is 1. The Hall–Kier alpha value is -2.95. The third kappa shape index (κ3) is 3.74. The number of hydrogen-bond acceptors (Lipinski definition) is 1. The van der Waals surface area contributed by atoms with E-state index in [0.717, 1.165) is 34.1 Å². The molecule has 4 aromatic rings. The summed E-state index contributed by atoms with van der Waals surface area (Å²) < 4.78 is 0. The van der Waals surface area contributed by atoms with Crippen molar-refractivity contribution in [2.24, 2.45) is 0 Å². The number of halogens is 2. The molecule has 5 rings (SSSR count). The number of H-pyrrole nitrogens is 1. The van der Waals surface area contributed by atoms with Crippen molar-refractivity contribution in [1.29, 1.82) is 0 Å². The summed E-state index contributed by atoms with van der Waals surface area (Å²) in [5.74, 6) is 0. The molecule has 0 saturated heterocycles. The van der Waals surface area contributed by atoms with E-state index in [1.807, 2.05) is 42.2 Å². The van der Waals surface area contributed by atoms with Gasteiger partial charge in [-0.25, -0.2) is 4.79 Å². The molecule has 2 N–H and O–H groups in total. The van der Waals surface area contributed by atoms with Crippen LogP contribution in [0, 0.1) is 13.8 Å². The average molecular weight is 464 g/mol. The summed E-state index contributed by atoms with van der Waals surface area (Å²) >= 11 is 12.5. The van der Waals surface area contributed by atoms with Gasteiger partial charge in [0.1, 0.15) is 0 Å². The lowest BCUT2D eigenvalue weighted by Gasteiger charge is -2.36. The van der Waals surface area contributed by atoms with Crippen molar-refractivity contribution in [1.82, 2.24) is 9.88 Å². The number of nitrogens with one attached hydrogen (secondary N) is 2. The van der Waals surface area contributed by atoms with Crippen molar-refractivity contribution in [3.63, 3.8) is 0 Å². The molecule has 0 aliphatic carbocycles. The maximum atomic E-state index is 13.4. The van der Waals surface area contributed by atoms with Crippen LogP contribution in [0.1, 0.15) is 34.0 Å². The van der Waals surface area contributed by atoms with E-state index in [0.29, 0.717) is 22.3 Å². The summed E-state index contributed by atoms with van der Waals surface area (Å²) in [6, 6.07) is 19.4. The number of rotatable bonds is 2.